The van der Waals surface area contributed by atoms with Crippen LogP contribution in [0, 0.1) is 11.8 Å². The topological polar surface area (TPSA) is 114 Å². The number of carbonyl (C=O) groups is 5. The number of allylic oxidation sites excluding steroid dienone is 2. The first-order chi connectivity index (χ1) is 21.6. The van der Waals surface area contributed by atoms with Gasteiger partial charge in [-0.3, -0.25) is 19.2 Å². The maximum atomic E-state index is 14.0. The van der Waals surface area contributed by atoms with Gasteiger partial charge in [-0.1, -0.05) is 69.6 Å². The number of amides is 3. The quantitative estimate of drug-likeness (QED) is 0.0802. The van der Waals surface area contributed by atoms with Crippen molar-refractivity contribution in [2.45, 2.75) is 14.1 Å². The third kappa shape index (κ3) is 4.62. The highest BCUT2D eigenvalue weighted by Gasteiger charge is 2.88. The number of furan rings is 1. The predicted molar refractivity (Wildman–Crippen MR) is 171 cm³/mol. The lowest BCUT2D eigenvalue weighted by Gasteiger charge is -2.36. The van der Waals surface area contributed by atoms with Gasteiger partial charge in [0.1, 0.15) is 22.0 Å². The zero-order chi connectivity index (χ0) is 33.5. The van der Waals surface area contributed by atoms with Crippen LogP contribution in [0.25, 0.3) is 0 Å². The average Bonchev–Trinajstić information content (AvgIpc) is 3.71. The lowest BCUT2D eigenvalue weighted by Crippen LogP contribution is -2.56. The van der Waals surface area contributed by atoms with Gasteiger partial charge in [0, 0.05) is 11.1 Å². The average molecular weight is 786 g/mol. The van der Waals surface area contributed by atoms with Crippen LogP contribution in [0.5, 0.6) is 5.75 Å². The molecule has 1 saturated heterocycles. The number of hydrogen-bond donors (Lipinski definition) is 0. The summed E-state index contributed by atoms with van der Waals surface area (Å²) in [6.07, 6.45) is 1.30. The summed E-state index contributed by atoms with van der Waals surface area (Å²) in [7, 11) is 0. The summed E-state index contributed by atoms with van der Waals surface area (Å²) in [4.78, 5) is 63.5. The summed E-state index contributed by atoms with van der Waals surface area (Å²) in [5, 5.41) is 0.550. The van der Waals surface area contributed by atoms with Crippen molar-refractivity contribution in [3.63, 3.8) is 0 Å². The number of Topliss-reactive ketones (excluding diaryl/α,β-unsaturated/α-hetero) is 1. The van der Waals surface area contributed by atoms with Crippen LogP contribution in [0.2, 0.25) is 10.0 Å². The number of alkyl halides is 4. The van der Waals surface area contributed by atoms with Gasteiger partial charge in [-0.25, -0.2) is 9.80 Å². The lowest BCUT2D eigenvalue weighted by atomic mass is 9.84. The molecule has 1 aliphatic heterocycles. The molecule has 46 heavy (non-hydrogen) atoms. The molecular weight excluding hydrogens is 772 g/mol. The van der Waals surface area contributed by atoms with Gasteiger partial charge in [0.2, 0.25) is 5.76 Å². The van der Waals surface area contributed by atoms with Crippen LogP contribution in [0.1, 0.15) is 31.3 Å². The number of nitrogens with zero attached hydrogens (tertiary/aromatic N) is 2. The van der Waals surface area contributed by atoms with E-state index in [-0.39, 0.29) is 42.7 Å². The Labute approximate surface area is 299 Å². The Hall–Kier alpha value is -2.47. The molecule has 2 fully saturated rings. The van der Waals surface area contributed by atoms with Crippen LogP contribution >= 0.6 is 92.8 Å². The second-order valence-corrected chi connectivity index (χ2v) is 14.5. The summed E-state index contributed by atoms with van der Waals surface area (Å²) < 4.78 is 8.02. The highest BCUT2D eigenvalue weighted by Crippen LogP contribution is 2.77. The maximum absolute atomic E-state index is 14.0. The van der Waals surface area contributed by atoms with Crippen molar-refractivity contribution in [1.29, 1.82) is 0 Å². The number of halogens is 8. The van der Waals surface area contributed by atoms with Gasteiger partial charge < -0.3 is 9.15 Å². The Kier molecular flexibility index (Phi) is 8.43. The Balaban J connectivity index is 1.34. The van der Waals surface area contributed by atoms with Gasteiger partial charge in [0.05, 0.1) is 38.2 Å². The molecule has 1 aromatic heterocycles. The molecule has 3 aromatic rings. The third-order valence-corrected chi connectivity index (χ3v) is 12.9. The van der Waals surface area contributed by atoms with Crippen LogP contribution in [-0.2, 0) is 9.59 Å². The Morgan fingerprint density at radius 3 is 1.89 bits per heavy atom. The molecule has 2 heterocycles. The summed E-state index contributed by atoms with van der Waals surface area (Å²) in [5.74, 6) is -7.66. The van der Waals surface area contributed by atoms with Crippen LogP contribution < -0.4 is 4.74 Å². The van der Waals surface area contributed by atoms with E-state index in [1.165, 1.54) is 60.9 Å². The Morgan fingerprint density at radius 1 is 0.804 bits per heavy atom. The number of carbonyl (C=O) groups excluding carboxylic acids is 5. The Morgan fingerprint density at radius 2 is 1.37 bits per heavy atom. The fraction of sp³-hybridized carbons (Fsp3) is 0.207. The van der Waals surface area contributed by atoms with E-state index in [4.69, 9.17) is 102 Å². The molecule has 3 aliphatic rings. The zero-order valence-corrected chi connectivity index (χ0v) is 28.5. The molecule has 1 saturated carbocycles. The number of ketones is 1. The largest absolute Gasteiger partial charge is 0.457 e. The first-order valence-corrected chi connectivity index (χ1v) is 15.9. The highest BCUT2D eigenvalue weighted by molar-refractivity contribution is 6.66. The van der Waals surface area contributed by atoms with Crippen molar-refractivity contribution in [2.75, 3.05) is 6.54 Å². The van der Waals surface area contributed by atoms with Crippen molar-refractivity contribution in [3.8, 4) is 5.75 Å². The number of imide groups is 1. The standard InChI is InChI=1S/C29H14Cl8N2O7/c30-15-8-5-13(10-16(15)31)23(41)38(11-17(40)12-3-6-14(7-4-12)46-26(44)18-2-1-9-45-18)39-24(42)19-20(25(39)43)28(35)22(33)21(32)27(19,34)29(28,36)37/h1-10,19-20H,11H2/t19-,20-,27+,28+/m0/s1. The normalized spacial score (nSPS) is 26.0. The van der Waals surface area contributed by atoms with Crippen molar-refractivity contribution < 1.29 is 33.1 Å². The molecule has 0 unspecified atom stereocenters. The van der Waals surface area contributed by atoms with Crippen LogP contribution in [0.4, 0.5) is 0 Å². The summed E-state index contributed by atoms with van der Waals surface area (Å²) in [6.45, 7) is -0.839. The van der Waals surface area contributed by atoms with Gasteiger partial charge in [0.25, 0.3) is 17.7 Å². The second kappa shape index (κ2) is 11.6. The molecule has 17 heteroatoms. The van der Waals surface area contributed by atoms with Crippen LogP contribution in [-0.4, -0.2) is 60.1 Å². The smallest absolute Gasteiger partial charge is 0.379 e. The summed E-state index contributed by atoms with van der Waals surface area (Å²) in [6, 6.07) is 12.0. The molecule has 3 amide bonds. The molecule has 4 atom stereocenters. The molecule has 6 rings (SSSR count). The highest BCUT2D eigenvalue weighted by atomic mass is 35.5. The van der Waals surface area contributed by atoms with Gasteiger partial charge in [-0.05, 0) is 54.6 Å². The number of fused-ring (bicyclic) bond motifs is 5. The summed E-state index contributed by atoms with van der Waals surface area (Å²) >= 11 is 51.7. The number of ether oxygens (including phenoxy) is 1. The molecule has 0 N–H and O–H groups in total. The van der Waals surface area contributed by atoms with Gasteiger partial charge in [-0.2, -0.15) is 5.01 Å². The van der Waals surface area contributed by atoms with E-state index in [0.717, 1.165) is 0 Å². The van der Waals surface area contributed by atoms with E-state index in [1.807, 2.05) is 0 Å². The number of rotatable bonds is 7. The van der Waals surface area contributed by atoms with Gasteiger partial charge >= 0.3 is 5.97 Å². The van der Waals surface area contributed by atoms with E-state index >= 15 is 0 Å². The predicted octanol–water partition coefficient (Wildman–Crippen LogP) is 7.49. The number of esters is 1. The number of hydrazine groups is 1. The summed E-state index contributed by atoms with van der Waals surface area (Å²) in [5.41, 5.74) is -0.0950. The molecule has 2 aliphatic carbocycles. The fourth-order valence-electron chi connectivity index (χ4n) is 5.72. The molecular formula is C29H14Cl8N2O7. The second-order valence-electron chi connectivity index (χ2n) is 10.4. The van der Waals surface area contributed by atoms with E-state index in [2.05, 4.69) is 0 Å². The number of benzene rings is 2. The van der Waals surface area contributed by atoms with Crippen molar-refractivity contribution in [3.05, 3.63) is 97.9 Å². The van der Waals surface area contributed by atoms with E-state index in [0.29, 0.717) is 10.0 Å². The molecule has 2 bridgehead atoms. The van der Waals surface area contributed by atoms with Crippen LogP contribution in [0.3, 0.4) is 0 Å². The van der Waals surface area contributed by atoms with Crippen molar-refractivity contribution in [1.82, 2.24) is 10.0 Å². The fourth-order valence-corrected chi connectivity index (χ4v) is 8.95. The van der Waals surface area contributed by atoms with Gasteiger partial charge in [-0.15, -0.1) is 23.2 Å². The van der Waals surface area contributed by atoms with Crippen LogP contribution in [0.15, 0.2) is 75.3 Å². The Bertz CT molecular complexity index is 1830. The zero-order valence-electron chi connectivity index (χ0n) is 22.4. The lowest BCUT2D eigenvalue weighted by molar-refractivity contribution is -0.154. The molecule has 9 nitrogen and oxygen atoms in total. The first-order valence-electron chi connectivity index (χ1n) is 12.9. The maximum Gasteiger partial charge on any atom is 0.379 e. The minimum absolute atomic E-state index is 0.0104. The van der Waals surface area contributed by atoms with E-state index in [9.17, 15) is 24.0 Å². The monoisotopic (exact) mass is 782 g/mol. The SMILES string of the molecule is O=C(CN(C(=O)c1ccc(Cl)c(Cl)c1)N1C(=O)[C@@H]2[C@@H](C1=O)[C@@]1(Cl)C(Cl)=C(Cl)[C@@]2(Cl)C1(Cl)Cl)c1ccc(OC(=O)c2ccco2)cc1. The molecule has 0 spiro atoms. The van der Waals surface area contributed by atoms with Crippen molar-refractivity contribution in [2.24, 2.45) is 11.8 Å². The molecule has 2 aromatic carbocycles. The third-order valence-electron chi connectivity index (χ3n) is 7.93. The minimum atomic E-state index is -2.21. The molecule has 238 valence electrons. The first kappa shape index (κ1) is 33.4. The van der Waals surface area contributed by atoms with E-state index < -0.39 is 61.9 Å². The number of hydrogen-bond acceptors (Lipinski definition) is 7. The van der Waals surface area contributed by atoms with Gasteiger partial charge in [0.15, 0.2) is 10.1 Å². The van der Waals surface area contributed by atoms with E-state index in [1.54, 1.807) is 0 Å². The molecule has 0 radical (unpaired) electrons. The van der Waals surface area contributed by atoms with Crippen molar-refractivity contribution >= 4 is 122 Å². The minimum Gasteiger partial charge on any atom is -0.457 e.